The molecule has 0 heterocycles. The summed E-state index contributed by atoms with van der Waals surface area (Å²) in [5.41, 5.74) is 0. The largest absolute Gasteiger partial charge is 2.00 e. The van der Waals surface area contributed by atoms with E-state index >= 15 is 0 Å². The van der Waals surface area contributed by atoms with Crippen molar-refractivity contribution in [1.82, 2.24) is 0 Å². The maximum atomic E-state index is 8.56. The van der Waals surface area contributed by atoms with Crippen molar-refractivity contribution in [1.29, 1.82) is 0 Å². The molecule has 0 saturated heterocycles. The van der Waals surface area contributed by atoms with E-state index in [2.05, 4.69) is 4.43 Å². The van der Waals surface area contributed by atoms with Crippen molar-refractivity contribution in [2.75, 3.05) is 7.11 Å². The van der Waals surface area contributed by atoms with Crippen LogP contribution in [0, 0.1) is 0 Å². The van der Waals surface area contributed by atoms with E-state index in [0.717, 1.165) is 7.11 Å². The van der Waals surface area contributed by atoms with Crippen molar-refractivity contribution in [2.24, 2.45) is 0 Å². The minimum Gasteiger partial charge on any atom is -1.00 e. The monoisotopic (exact) mass is 214 g/mol. The van der Waals surface area contributed by atoms with Gasteiger partial charge in [-0.1, -0.05) is 0 Å². The molecule has 0 saturated carbocycles. The maximum Gasteiger partial charge on any atom is 2.00 e. The van der Waals surface area contributed by atoms with Crippen LogP contribution in [0.2, 0.25) is 0 Å². The summed E-state index contributed by atoms with van der Waals surface area (Å²) in [6.45, 7) is 0. The van der Waals surface area contributed by atoms with Crippen molar-refractivity contribution < 1.29 is 36.7 Å². The van der Waals surface area contributed by atoms with E-state index < -0.39 is 15.2 Å². The van der Waals surface area contributed by atoms with Gasteiger partial charge in [-0.25, -0.2) is 4.79 Å². The summed E-state index contributed by atoms with van der Waals surface area (Å²) < 4.78 is 3.74. The quantitative estimate of drug-likeness (QED) is 0.323. The minimum absolute atomic E-state index is 0. The Labute approximate surface area is 96.3 Å². The van der Waals surface area contributed by atoms with Gasteiger partial charge in [-0.2, -0.15) is 0 Å². The Balaban J connectivity index is -0.0000000279. The Morgan fingerprint density at radius 1 is 1.36 bits per heavy atom. The Morgan fingerprint density at radius 2 is 1.45 bits per heavy atom. The second kappa shape index (κ2) is 8.68. The molecule has 66 valence electrons. The Hall–Kier alpha value is 0.587. The minimum atomic E-state index is -4.13. The molecule has 7 nitrogen and oxygen atoms in total. The SMILES string of the molecule is CO[Si](O)(O)O.O=C(O)O.[Ca+2].[H-].[H-]. The molecule has 5 N–H and O–H groups in total. The van der Waals surface area contributed by atoms with Crippen LogP contribution < -0.4 is 0 Å². The zero-order chi connectivity index (χ0) is 8.78. The summed E-state index contributed by atoms with van der Waals surface area (Å²) in [4.78, 5) is 32.1. The van der Waals surface area contributed by atoms with Gasteiger partial charge in [-0.3, -0.25) is 0 Å². The fourth-order valence-corrected chi connectivity index (χ4v) is 0. The van der Waals surface area contributed by atoms with Crippen molar-refractivity contribution in [3.8, 4) is 0 Å². The fraction of sp³-hybridized carbons (Fsp3) is 0.500. The van der Waals surface area contributed by atoms with Crippen molar-refractivity contribution in [2.45, 2.75) is 0 Å². The van der Waals surface area contributed by atoms with Gasteiger partial charge < -0.3 is 31.9 Å². The number of hydrogen-bond acceptors (Lipinski definition) is 5. The van der Waals surface area contributed by atoms with Gasteiger partial charge in [0, 0.05) is 7.11 Å². The maximum absolute atomic E-state index is 8.56. The van der Waals surface area contributed by atoms with Gasteiger partial charge in [0.15, 0.2) is 0 Å². The molecular formula is C2H10CaO7Si. The summed E-state index contributed by atoms with van der Waals surface area (Å²) in [5, 5.41) is 13.9. The molecule has 0 aliphatic rings. The Bertz CT molecular complexity index is 103. The van der Waals surface area contributed by atoms with Crippen LogP contribution in [-0.2, 0) is 4.43 Å². The summed E-state index contributed by atoms with van der Waals surface area (Å²) in [7, 11) is -3.11. The van der Waals surface area contributed by atoms with Crippen LogP contribution in [0.3, 0.4) is 0 Å². The molecule has 0 aromatic rings. The Kier molecular flexibility index (Phi) is 13.9. The molecule has 0 aromatic heterocycles. The van der Waals surface area contributed by atoms with Gasteiger partial charge in [-0.05, 0) is 0 Å². The first kappa shape index (κ1) is 17.6. The number of carbonyl (C=O) groups is 1. The van der Waals surface area contributed by atoms with Crippen molar-refractivity contribution in [3.05, 3.63) is 0 Å². The van der Waals surface area contributed by atoms with Gasteiger partial charge in [-0.15, -0.1) is 0 Å². The van der Waals surface area contributed by atoms with Crippen LogP contribution in [0.15, 0.2) is 0 Å². The van der Waals surface area contributed by atoms with Crippen LogP contribution in [0.4, 0.5) is 4.79 Å². The molecule has 0 aliphatic carbocycles. The predicted molar refractivity (Wildman–Crippen MR) is 38.1 cm³/mol. The fourth-order valence-electron chi connectivity index (χ4n) is 0. The summed E-state index contributed by atoms with van der Waals surface area (Å²) in [6.07, 6.45) is -1.83. The van der Waals surface area contributed by atoms with Crippen LogP contribution in [-0.4, -0.2) is 84.7 Å². The van der Waals surface area contributed by atoms with Crippen molar-refractivity contribution in [3.63, 3.8) is 0 Å². The van der Waals surface area contributed by atoms with E-state index in [-0.39, 0.29) is 40.6 Å². The summed E-state index contributed by atoms with van der Waals surface area (Å²) >= 11 is 0. The molecule has 0 amide bonds. The van der Waals surface area contributed by atoms with Crippen LogP contribution in [0.5, 0.6) is 0 Å². The number of rotatable bonds is 1. The first-order valence-corrected chi connectivity index (χ1v) is 3.68. The molecule has 0 bridgehead atoms. The summed E-state index contributed by atoms with van der Waals surface area (Å²) in [6, 6.07) is 0. The van der Waals surface area contributed by atoms with Crippen LogP contribution in [0.25, 0.3) is 0 Å². The second-order valence-electron chi connectivity index (χ2n) is 1.06. The van der Waals surface area contributed by atoms with Crippen LogP contribution in [0.1, 0.15) is 2.85 Å². The van der Waals surface area contributed by atoms with E-state index in [1.807, 2.05) is 0 Å². The molecule has 0 radical (unpaired) electrons. The molecule has 9 heteroatoms. The third-order valence-corrected chi connectivity index (χ3v) is 0.822. The first-order chi connectivity index (χ1) is 4.29. The molecule has 0 rings (SSSR count). The zero-order valence-electron chi connectivity index (χ0n) is 7.76. The van der Waals surface area contributed by atoms with E-state index in [4.69, 9.17) is 29.4 Å². The number of carboxylic acid groups (broad SMARTS) is 2. The average Bonchev–Trinajstić information content (AvgIpc) is 1.63. The standard InChI is InChI=1S/CH6O4Si.CH2O3.Ca.2H/c1-5-6(2,3)4;2-1(3)4;;;/h2-4H,1H3;(H2,2,3,4);;;/q;;+2;2*-1. The topological polar surface area (TPSA) is 127 Å². The van der Waals surface area contributed by atoms with Crippen molar-refractivity contribution >= 4 is 52.9 Å². The predicted octanol–water partition coefficient (Wildman–Crippen LogP) is -1.89. The number of hydrogen-bond donors (Lipinski definition) is 5. The smallest absolute Gasteiger partial charge is 1.00 e. The third kappa shape index (κ3) is 60.7. The van der Waals surface area contributed by atoms with E-state index in [1.165, 1.54) is 0 Å². The van der Waals surface area contributed by atoms with Gasteiger partial charge in [0.25, 0.3) is 0 Å². The molecule has 0 aromatic carbocycles. The summed E-state index contributed by atoms with van der Waals surface area (Å²) in [5.74, 6) is 0. The van der Waals surface area contributed by atoms with E-state index in [1.54, 1.807) is 0 Å². The molecule has 0 spiro atoms. The van der Waals surface area contributed by atoms with Crippen LogP contribution >= 0.6 is 0 Å². The average molecular weight is 214 g/mol. The molecular weight excluding hydrogens is 204 g/mol. The van der Waals surface area contributed by atoms with Gasteiger partial charge in [0.1, 0.15) is 0 Å². The van der Waals surface area contributed by atoms with Gasteiger partial charge >= 0.3 is 52.9 Å². The van der Waals surface area contributed by atoms with E-state index in [9.17, 15) is 0 Å². The molecule has 0 fully saturated rings. The van der Waals surface area contributed by atoms with E-state index in [0.29, 0.717) is 0 Å². The zero-order valence-corrected chi connectivity index (χ0v) is 8.97. The Morgan fingerprint density at radius 3 is 1.45 bits per heavy atom. The normalized spacial score (nSPS) is 8.73. The first-order valence-electron chi connectivity index (χ1n) is 1.93. The third-order valence-electron chi connectivity index (χ3n) is 0.274. The molecule has 0 aliphatic heterocycles. The van der Waals surface area contributed by atoms with Gasteiger partial charge in [0.05, 0.1) is 0 Å². The van der Waals surface area contributed by atoms with Gasteiger partial charge in [0.2, 0.25) is 0 Å². The molecule has 0 unspecified atom stereocenters. The molecule has 0 atom stereocenters. The second-order valence-corrected chi connectivity index (χ2v) is 2.62. The molecule has 11 heavy (non-hydrogen) atoms.